The fourth-order valence-electron chi connectivity index (χ4n) is 9.79. The average Bonchev–Trinajstić information content (AvgIpc) is 3.34. The van der Waals surface area contributed by atoms with Gasteiger partial charge in [0.05, 0.1) is 38.4 Å². The van der Waals surface area contributed by atoms with Gasteiger partial charge < -0.3 is 64.2 Å². The molecule has 2 saturated carbocycles. The van der Waals surface area contributed by atoms with E-state index in [1.807, 2.05) is 0 Å². The summed E-state index contributed by atoms with van der Waals surface area (Å²) in [5.41, 5.74) is -4.10. The Morgan fingerprint density at radius 3 is 2.33 bits per heavy atom. The zero-order chi connectivity index (χ0) is 35.2. The quantitative estimate of drug-likeness (QED) is 0.0647. The van der Waals surface area contributed by atoms with Crippen molar-refractivity contribution in [2.75, 3.05) is 20.3 Å². The van der Waals surface area contributed by atoms with Crippen LogP contribution in [-0.2, 0) is 42.8 Å². The molecule has 0 unspecified atom stereocenters. The number of ether oxygens (including phenoxy) is 6. The smallest absolute Gasteiger partial charge is 0.348 e. The van der Waals surface area contributed by atoms with Gasteiger partial charge >= 0.3 is 17.9 Å². The first-order chi connectivity index (χ1) is 22.5. The predicted molar refractivity (Wildman–Crippen MR) is 156 cm³/mol. The fraction of sp³-hybridized carbons (Fsp3) is 0.781. The molecule has 3 saturated heterocycles. The third kappa shape index (κ3) is 4.61. The van der Waals surface area contributed by atoms with Crippen LogP contribution in [0.1, 0.15) is 34.1 Å². The molecule has 0 aromatic carbocycles. The highest BCUT2D eigenvalue weighted by Gasteiger charge is 2.85. The van der Waals surface area contributed by atoms with Gasteiger partial charge in [-0.05, 0) is 33.1 Å². The Hall–Kier alpha value is -2.51. The van der Waals surface area contributed by atoms with Gasteiger partial charge in [0.2, 0.25) is 11.7 Å². The average molecular weight is 685 g/mol. The van der Waals surface area contributed by atoms with Crippen molar-refractivity contribution in [3.63, 3.8) is 0 Å². The molecule has 6 rings (SSSR count). The fourth-order valence-corrected chi connectivity index (χ4v) is 9.79. The number of carbonyl (C=O) groups excluding carboxylic acids is 3. The zero-order valence-corrected chi connectivity index (χ0v) is 27.2. The van der Waals surface area contributed by atoms with Crippen LogP contribution in [0.5, 0.6) is 0 Å². The van der Waals surface area contributed by atoms with Crippen LogP contribution in [0.4, 0.5) is 0 Å². The molecule has 5 fully saturated rings. The van der Waals surface area contributed by atoms with Crippen LogP contribution < -0.4 is 0 Å². The van der Waals surface area contributed by atoms with E-state index in [0.29, 0.717) is 11.1 Å². The molecule has 48 heavy (non-hydrogen) atoms. The number of aliphatic hydroxyl groups is 7. The number of rotatable bonds is 6. The second-order valence-corrected chi connectivity index (χ2v) is 14.4. The maximum absolute atomic E-state index is 13.7. The Morgan fingerprint density at radius 1 is 1.02 bits per heavy atom. The topological polar surface area (TPSA) is 248 Å². The van der Waals surface area contributed by atoms with Crippen molar-refractivity contribution >= 4 is 17.9 Å². The molecule has 0 aromatic rings. The molecule has 16 heteroatoms. The van der Waals surface area contributed by atoms with E-state index >= 15 is 0 Å². The van der Waals surface area contributed by atoms with Crippen molar-refractivity contribution < 1.29 is 78.6 Å². The van der Waals surface area contributed by atoms with Crippen molar-refractivity contribution in [3.05, 3.63) is 23.3 Å². The lowest BCUT2D eigenvalue weighted by atomic mass is 9.37. The van der Waals surface area contributed by atoms with Gasteiger partial charge in [-0.25, -0.2) is 14.4 Å². The molecule has 0 aromatic heterocycles. The molecule has 3 aliphatic heterocycles. The molecule has 1 spiro atoms. The van der Waals surface area contributed by atoms with Crippen LogP contribution in [0.25, 0.3) is 0 Å². The van der Waals surface area contributed by atoms with Crippen molar-refractivity contribution in [1.82, 2.24) is 0 Å². The normalized spacial score (nSPS) is 50.7. The molecule has 3 heterocycles. The lowest BCUT2D eigenvalue weighted by Gasteiger charge is -2.68. The minimum Gasteiger partial charge on any atom is -0.467 e. The van der Waals surface area contributed by atoms with E-state index in [0.717, 1.165) is 13.2 Å². The standard InChI is InChI=1S/C32H44O16/c1-11(2)6-17(34)48-22-24-31-10-44-32(24,29(42)43-5)26(40)21(38)23(31)30(4)13(8-16(31)47-27(22)41)12(3)7-14(25(30)39)45-28-20(37)19(36)18(35)15(9-33)46-28/h6-7,13-16,18-26,28,33,35-40H,8-10H2,1-5H3/t13-,14+,15+,16-,18+,19-,20+,21-,22-,23-,24-,25-,26+,28+,30+,31-,32+/m1/s1. The molecule has 16 nitrogen and oxygen atoms in total. The van der Waals surface area contributed by atoms with Gasteiger partial charge in [-0.3, -0.25) is 0 Å². The molecule has 3 aliphatic carbocycles. The summed E-state index contributed by atoms with van der Waals surface area (Å²) in [6, 6.07) is 0. The number of carbonyl (C=O) groups is 3. The van der Waals surface area contributed by atoms with E-state index in [-0.39, 0.29) is 13.0 Å². The highest BCUT2D eigenvalue weighted by atomic mass is 16.7. The number of aliphatic hydroxyl groups excluding tert-OH is 7. The highest BCUT2D eigenvalue weighted by Crippen LogP contribution is 2.73. The second-order valence-electron chi connectivity index (χ2n) is 14.4. The molecule has 17 atom stereocenters. The van der Waals surface area contributed by atoms with Gasteiger partial charge in [-0.2, -0.15) is 0 Å². The molecule has 268 valence electrons. The number of allylic oxidation sites excluding steroid dienone is 2. The van der Waals surface area contributed by atoms with Gasteiger partial charge in [-0.15, -0.1) is 0 Å². The van der Waals surface area contributed by atoms with Crippen molar-refractivity contribution in [3.8, 4) is 0 Å². The molecular formula is C32H44O16. The van der Waals surface area contributed by atoms with E-state index in [9.17, 15) is 50.1 Å². The Kier molecular flexibility index (Phi) is 8.88. The van der Waals surface area contributed by atoms with Crippen LogP contribution in [-0.4, -0.2) is 147 Å². The van der Waals surface area contributed by atoms with Crippen molar-refractivity contribution in [1.29, 1.82) is 0 Å². The summed E-state index contributed by atoms with van der Waals surface area (Å²) in [7, 11) is 1.05. The maximum Gasteiger partial charge on any atom is 0.348 e. The Balaban J connectivity index is 1.46. The summed E-state index contributed by atoms with van der Waals surface area (Å²) in [6.07, 6.45) is -14.6. The molecule has 0 radical (unpaired) electrons. The van der Waals surface area contributed by atoms with E-state index in [1.165, 1.54) is 0 Å². The number of methoxy groups -OCH3 is 1. The molecular weight excluding hydrogens is 640 g/mol. The lowest BCUT2D eigenvalue weighted by Crippen LogP contribution is -2.80. The minimum absolute atomic E-state index is 0.0828. The second kappa shape index (κ2) is 12.1. The van der Waals surface area contributed by atoms with Crippen LogP contribution in [0.15, 0.2) is 23.3 Å². The molecule has 7 N–H and O–H groups in total. The van der Waals surface area contributed by atoms with Crippen molar-refractivity contribution in [2.45, 2.75) is 107 Å². The number of hydrogen-bond donors (Lipinski definition) is 7. The zero-order valence-electron chi connectivity index (χ0n) is 27.2. The molecule has 2 bridgehead atoms. The Morgan fingerprint density at radius 2 is 1.71 bits per heavy atom. The first-order valence-electron chi connectivity index (χ1n) is 16.0. The molecule has 0 amide bonds. The summed E-state index contributed by atoms with van der Waals surface area (Å²) in [4.78, 5) is 40.2. The third-order valence-electron chi connectivity index (χ3n) is 11.8. The Bertz CT molecular complexity index is 1390. The first-order valence-corrected chi connectivity index (χ1v) is 16.0. The van der Waals surface area contributed by atoms with E-state index < -0.39 is 126 Å². The number of hydrogen-bond acceptors (Lipinski definition) is 16. The van der Waals surface area contributed by atoms with E-state index in [1.54, 1.807) is 33.8 Å². The Labute approximate surface area is 275 Å². The third-order valence-corrected chi connectivity index (χ3v) is 11.8. The van der Waals surface area contributed by atoms with Crippen LogP contribution in [0.3, 0.4) is 0 Å². The predicted octanol–water partition coefficient (Wildman–Crippen LogP) is -2.78. The maximum atomic E-state index is 13.7. The van der Waals surface area contributed by atoms with Gasteiger partial charge in [0.25, 0.3) is 0 Å². The monoisotopic (exact) mass is 684 g/mol. The summed E-state index contributed by atoms with van der Waals surface area (Å²) in [5, 5.41) is 77.0. The first kappa shape index (κ1) is 35.3. The van der Waals surface area contributed by atoms with Gasteiger partial charge in [0, 0.05) is 22.8 Å². The highest BCUT2D eigenvalue weighted by molar-refractivity contribution is 5.89. The summed E-state index contributed by atoms with van der Waals surface area (Å²) in [5.74, 6) is -6.18. The largest absolute Gasteiger partial charge is 0.467 e. The summed E-state index contributed by atoms with van der Waals surface area (Å²) < 4.78 is 34.3. The van der Waals surface area contributed by atoms with Crippen LogP contribution in [0, 0.1) is 28.6 Å². The van der Waals surface area contributed by atoms with Gasteiger partial charge in [0.15, 0.2) is 6.29 Å². The summed E-state index contributed by atoms with van der Waals surface area (Å²) >= 11 is 0. The van der Waals surface area contributed by atoms with Crippen molar-refractivity contribution in [2.24, 2.45) is 28.6 Å². The number of esters is 3. The number of fused-ring (bicyclic) bond motifs is 2. The van der Waals surface area contributed by atoms with Gasteiger partial charge in [0.1, 0.15) is 42.7 Å². The van der Waals surface area contributed by atoms with Crippen LogP contribution in [0.2, 0.25) is 0 Å². The van der Waals surface area contributed by atoms with Gasteiger partial charge in [-0.1, -0.05) is 24.1 Å². The summed E-state index contributed by atoms with van der Waals surface area (Å²) in [6.45, 7) is 5.62. The SMILES string of the molecule is COC(=O)[C@@]12OC[C@]34[C@H]([C@@H](O)[C@@H]1O)[C@]1(C)[C@H](C[C@H]3OC(=O)[C@H](OC(=O)C=C(C)C)[C@@H]24)C(C)=C[C@H](O[C@H]2O[C@@H](CO)[C@H](O)[C@@H](O)[C@@H]2O)[C@H]1O. The molecule has 6 aliphatic rings. The minimum atomic E-state index is -2.35. The van der Waals surface area contributed by atoms with E-state index in [4.69, 9.17) is 28.4 Å². The van der Waals surface area contributed by atoms with Crippen LogP contribution >= 0.6 is 0 Å². The van der Waals surface area contributed by atoms with E-state index in [2.05, 4.69) is 0 Å². The lowest BCUT2D eigenvalue weighted by molar-refractivity contribution is -0.330.